The second-order valence-electron chi connectivity index (χ2n) is 5.59. The third kappa shape index (κ3) is 2.81. The summed E-state index contributed by atoms with van der Waals surface area (Å²) < 4.78 is 0. The first kappa shape index (κ1) is 14.1. The average molecular weight is 264 g/mol. The molecular weight excluding hydrogens is 240 g/mol. The van der Waals surface area contributed by atoms with Gasteiger partial charge in [0.2, 0.25) is 5.91 Å². The summed E-state index contributed by atoms with van der Waals surface area (Å²) >= 11 is 0. The number of aromatic nitrogens is 2. The van der Waals surface area contributed by atoms with Crippen molar-refractivity contribution in [3.63, 3.8) is 0 Å². The van der Waals surface area contributed by atoms with Gasteiger partial charge in [-0.15, -0.1) is 0 Å². The Morgan fingerprint density at radius 3 is 2.79 bits per heavy atom. The molecule has 3 N–H and O–H groups in total. The molecule has 1 amide bonds. The van der Waals surface area contributed by atoms with Gasteiger partial charge in [-0.25, -0.2) is 0 Å². The topological polar surface area (TPSA) is 69.8 Å². The van der Waals surface area contributed by atoms with Crippen molar-refractivity contribution >= 4 is 11.7 Å². The Kier molecular flexibility index (Phi) is 4.24. The smallest absolute Gasteiger partial charge is 0.233 e. The number of hydrogen-bond acceptors (Lipinski definition) is 3. The van der Waals surface area contributed by atoms with Crippen molar-refractivity contribution < 1.29 is 4.79 Å². The van der Waals surface area contributed by atoms with E-state index in [0.29, 0.717) is 5.82 Å². The maximum Gasteiger partial charge on any atom is 0.233 e. The lowest BCUT2D eigenvalue weighted by atomic mass is 9.76. The van der Waals surface area contributed by atoms with Crippen LogP contribution in [0.5, 0.6) is 0 Å². The zero-order valence-corrected chi connectivity index (χ0v) is 12.1. The Labute approximate surface area is 114 Å². The predicted octanol–water partition coefficient (Wildman–Crippen LogP) is 2.13. The lowest BCUT2D eigenvalue weighted by molar-refractivity contribution is -0.127. The van der Waals surface area contributed by atoms with E-state index in [1.165, 1.54) is 0 Å². The van der Waals surface area contributed by atoms with Crippen LogP contribution >= 0.6 is 0 Å². The summed E-state index contributed by atoms with van der Waals surface area (Å²) in [5.41, 5.74) is 1.75. The van der Waals surface area contributed by atoms with Crippen LogP contribution in [0.2, 0.25) is 0 Å². The Bertz CT molecular complexity index is 441. The van der Waals surface area contributed by atoms with Crippen molar-refractivity contribution in [2.45, 2.75) is 46.5 Å². The average Bonchev–Trinajstić information content (AvgIpc) is 2.72. The van der Waals surface area contributed by atoms with Crippen molar-refractivity contribution in [1.29, 1.82) is 0 Å². The van der Waals surface area contributed by atoms with Crippen LogP contribution in [0.3, 0.4) is 0 Å². The van der Waals surface area contributed by atoms with Gasteiger partial charge in [-0.05, 0) is 39.7 Å². The Morgan fingerprint density at radius 1 is 1.47 bits per heavy atom. The number of nitrogens with zero attached hydrogens (tertiary/aromatic N) is 1. The zero-order chi connectivity index (χ0) is 13.9. The van der Waals surface area contributed by atoms with Crippen LogP contribution < -0.4 is 10.6 Å². The third-order valence-corrected chi connectivity index (χ3v) is 4.17. The molecule has 0 bridgehead atoms. The molecular formula is C14H24N4O. The van der Waals surface area contributed by atoms with E-state index in [1.807, 2.05) is 13.8 Å². The van der Waals surface area contributed by atoms with Crippen LogP contribution in [0.4, 0.5) is 5.82 Å². The molecule has 19 heavy (non-hydrogen) atoms. The van der Waals surface area contributed by atoms with Gasteiger partial charge >= 0.3 is 0 Å². The standard InChI is InChI=1S/C14H24N4O/c1-4-6-14(7-5-8-15-9-14)13(19)16-12-10(2)11(3)17-18-12/h15H,4-9H2,1-3H3,(H2,16,17,18,19). The monoisotopic (exact) mass is 264 g/mol. The molecule has 1 aromatic rings. The van der Waals surface area contributed by atoms with E-state index in [2.05, 4.69) is 27.8 Å². The summed E-state index contributed by atoms with van der Waals surface area (Å²) in [5, 5.41) is 13.4. The van der Waals surface area contributed by atoms with E-state index in [0.717, 1.165) is 50.0 Å². The van der Waals surface area contributed by atoms with Gasteiger partial charge < -0.3 is 10.6 Å². The molecule has 5 nitrogen and oxygen atoms in total. The molecule has 1 fully saturated rings. The molecule has 1 aromatic heterocycles. The number of H-pyrrole nitrogens is 1. The highest BCUT2D eigenvalue weighted by molar-refractivity contribution is 5.95. The minimum absolute atomic E-state index is 0.108. The van der Waals surface area contributed by atoms with E-state index in [4.69, 9.17) is 0 Å². The fraction of sp³-hybridized carbons (Fsp3) is 0.714. The maximum absolute atomic E-state index is 12.6. The van der Waals surface area contributed by atoms with Crippen LogP contribution in [0.25, 0.3) is 0 Å². The fourth-order valence-corrected chi connectivity index (χ4v) is 2.81. The van der Waals surface area contributed by atoms with Crippen LogP contribution in [-0.2, 0) is 4.79 Å². The third-order valence-electron chi connectivity index (χ3n) is 4.17. The first-order valence-electron chi connectivity index (χ1n) is 7.13. The lowest BCUT2D eigenvalue weighted by Gasteiger charge is -2.36. The largest absolute Gasteiger partial charge is 0.316 e. The number of aromatic amines is 1. The van der Waals surface area contributed by atoms with Crippen LogP contribution in [0.1, 0.15) is 43.9 Å². The molecule has 0 spiro atoms. The molecule has 5 heteroatoms. The number of rotatable bonds is 4. The summed E-state index contributed by atoms with van der Waals surface area (Å²) in [6, 6.07) is 0. The van der Waals surface area contributed by atoms with Crippen LogP contribution in [-0.4, -0.2) is 29.2 Å². The fourth-order valence-electron chi connectivity index (χ4n) is 2.81. The Hall–Kier alpha value is -1.36. The molecule has 1 saturated heterocycles. The van der Waals surface area contributed by atoms with E-state index < -0.39 is 0 Å². The summed E-state index contributed by atoms with van der Waals surface area (Å²) in [6.45, 7) is 7.85. The van der Waals surface area contributed by atoms with Gasteiger partial charge in [0.1, 0.15) is 0 Å². The summed E-state index contributed by atoms with van der Waals surface area (Å²) in [4.78, 5) is 12.6. The van der Waals surface area contributed by atoms with Crippen molar-refractivity contribution in [2.75, 3.05) is 18.4 Å². The molecule has 106 valence electrons. The number of hydrogen-bond donors (Lipinski definition) is 3. The van der Waals surface area contributed by atoms with Crippen molar-refractivity contribution in [1.82, 2.24) is 15.5 Å². The molecule has 0 saturated carbocycles. The summed E-state index contributed by atoms with van der Waals surface area (Å²) in [5.74, 6) is 0.778. The molecule has 1 atom stereocenters. The molecule has 0 radical (unpaired) electrons. The highest BCUT2D eigenvalue weighted by Gasteiger charge is 2.39. The predicted molar refractivity (Wildman–Crippen MR) is 76.1 cm³/mol. The number of anilines is 1. The second kappa shape index (κ2) is 5.74. The van der Waals surface area contributed by atoms with Gasteiger partial charge in [0.15, 0.2) is 5.82 Å². The quantitative estimate of drug-likeness (QED) is 0.780. The minimum Gasteiger partial charge on any atom is -0.316 e. The molecule has 0 aromatic carbocycles. The highest BCUT2D eigenvalue weighted by Crippen LogP contribution is 2.33. The Balaban J connectivity index is 2.13. The normalized spacial score (nSPS) is 23.3. The van der Waals surface area contributed by atoms with Crippen LogP contribution in [0.15, 0.2) is 0 Å². The van der Waals surface area contributed by atoms with Gasteiger partial charge in [0, 0.05) is 17.8 Å². The molecule has 1 unspecified atom stereocenters. The van der Waals surface area contributed by atoms with Gasteiger partial charge in [-0.2, -0.15) is 5.10 Å². The number of carbonyl (C=O) groups excluding carboxylic acids is 1. The molecule has 1 aliphatic heterocycles. The van der Waals surface area contributed by atoms with Gasteiger partial charge in [0.05, 0.1) is 5.41 Å². The van der Waals surface area contributed by atoms with E-state index in [1.54, 1.807) is 0 Å². The van der Waals surface area contributed by atoms with Gasteiger partial charge in [-0.1, -0.05) is 13.3 Å². The minimum atomic E-state index is -0.272. The lowest BCUT2D eigenvalue weighted by Crippen LogP contribution is -2.48. The summed E-state index contributed by atoms with van der Waals surface area (Å²) in [6.07, 6.45) is 3.97. The SMILES string of the molecule is CCCC1(C(=O)Nc2n[nH]c(C)c2C)CCCNC1. The van der Waals surface area contributed by atoms with Crippen LogP contribution in [0, 0.1) is 19.3 Å². The Morgan fingerprint density at radius 2 is 2.26 bits per heavy atom. The van der Waals surface area contributed by atoms with Crippen molar-refractivity contribution in [3.8, 4) is 0 Å². The first-order valence-corrected chi connectivity index (χ1v) is 7.13. The molecule has 1 aliphatic rings. The maximum atomic E-state index is 12.6. The number of piperidine rings is 1. The van der Waals surface area contributed by atoms with Gasteiger partial charge in [0.25, 0.3) is 0 Å². The molecule has 2 rings (SSSR count). The first-order chi connectivity index (χ1) is 9.09. The molecule has 0 aliphatic carbocycles. The van der Waals surface area contributed by atoms with Crippen molar-refractivity contribution in [3.05, 3.63) is 11.3 Å². The van der Waals surface area contributed by atoms with Gasteiger partial charge in [-0.3, -0.25) is 9.89 Å². The molecule has 2 heterocycles. The zero-order valence-electron chi connectivity index (χ0n) is 12.1. The highest BCUT2D eigenvalue weighted by atomic mass is 16.2. The second-order valence-corrected chi connectivity index (χ2v) is 5.59. The van der Waals surface area contributed by atoms with E-state index in [9.17, 15) is 4.79 Å². The summed E-state index contributed by atoms with van der Waals surface area (Å²) in [7, 11) is 0. The van der Waals surface area contributed by atoms with E-state index in [-0.39, 0.29) is 11.3 Å². The number of aryl methyl sites for hydroxylation is 1. The van der Waals surface area contributed by atoms with Crippen molar-refractivity contribution in [2.24, 2.45) is 5.41 Å². The number of carbonyl (C=O) groups is 1. The number of amides is 1. The number of nitrogens with one attached hydrogen (secondary N) is 3. The van der Waals surface area contributed by atoms with E-state index >= 15 is 0 Å².